The van der Waals surface area contributed by atoms with Crippen LogP contribution in [0.15, 0.2) is 79.3 Å². The zero-order chi connectivity index (χ0) is 64.7. The molecule has 2 saturated heterocycles. The first-order valence-electron chi connectivity index (χ1n) is 30.9. The number of aromatic nitrogens is 6. The van der Waals surface area contributed by atoms with E-state index in [1.807, 2.05) is 6.07 Å². The Morgan fingerprint density at radius 3 is 1.46 bits per heavy atom. The third-order valence-electron chi connectivity index (χ3n) is 21.6. The number of nitrogens with two attached hydrogens (primary N) is 1. The molecule has 92 heavy (non-hydrogen) atoms. The molecule has 8 aliphatic rings. The minimum atomic E-state index is -1.25. The van der Waals surface area contributed by atoms with E-state index in [-0.39, 0.29) is 106 Å². The maximum Gasteiger partial charge on any atom is 0.434 e. The molecule has 20 nitrogen and oxygen atoms in total. The van der Waals surface area contributed by atoms with Gasteiger partial charge in [-0.2, -0.15) is 0 Å². The molecule has 4 aromatic heterocycles. The number of rotatable bonds is 8. The van der Waals surface area contributed by atoms with Crippen LogP contribution in [-0.4, -0.2) is 78.3 Å². The summed E-state index contributed by atoms with van der Waals surface area (Å²) in [6.07, 6.45) is 12.1. The Balaban J connectivity index is 0.000000161. The number of nitrogens with zero attached hydrogens (tertiary/aromatic N) is 4. The molecule has 6 fully saturated rings. The smallest absolute Gasteiger partial charge is 0.434 e. The molecule has 2 amide bonds. The number of fused-ring (bicyclic) bond motifs is 6. The van der Waals surface area contributed by atoms with Crippen LogP contribution in [0.25, 0.3) is 0 Å². The lowest BCUT2D eigenvalue weighted by Gasteiger charge is -2.51. The van der Waals surface area contributed by atoms with Crippen molar-refractivity contribution in [1.29, 1.82) is 0 Å². The second-order valence-corrected chi connectivity index (χ2v) is 29.3. The van der Waals surface area contributed by atoms with Crippen molar-refractivity contribution in [3.63, 3.8) is 0 Å². The summed E-state index contributed by atoms with van der Waals surface area (Å²) < 4.78 is 52.7. The number of halogens is 7. The number of Topliss-reactive ketones (excluding diaryl/α,β-unsaturated/α-hetero) is 1. The van der Waals surface area contributed by atoms with Gasteiger partial charge in [0.25, 0.3) is 0 Å². The number of hydrogen-bond acceptors (Lipinski definition) is 15. The lowest BCUT2D eigenvalue weighted by molar-refractivity contribution is -0.142. The van der Waals surface area contributed by atoms with Crippen molar-refractivity contribution in [2.24, 2.45) is 45.1 Å². The number of ether oxygens (including phenoxy) is 2. The molecule has 0 radical (unpaired) electrons. The van der Waals surface area contributed by atoms with Gasteiger partial charge >= 0.3 is 17.5 Å². The number of carboxylic acids is 1. The molecule has 4 saturated carbocycles. The van der Waals surface area contributed by atoms with Gasteiger partial charge in [-0.25, -0.2) is 38.5 Å². The predicted octanol–water partition coefficient (Wildman–Crippen LogP) is 13.1. The fourth-order valence-corrected chi connectivity index (χ4v) is 17.7. The summed E-state index contributed by atoms with van der Waals surface area (Å²) >= 11 is 24.9. The summed E-state index contributed by atoms with van der Waals surface area (Å²) in [5.41, 5.74) is 5.10. The van der Waals surface area contributed by atoms with Crippen LogP contribution in [0.3, 0.4) is 0 Å². The lowest BCUT2D eigenvalue weighted by Crippen LogP contribution is -2.52. The van der Waals surface area contributed by atoms with Crippen molar-refractivity contribution < 1.29 is 51.4 Å². The van der Waals surface area contributed by atoms with Crippen molar-refractivity contribution >= 4 is 93.8 Å². The number of hydrogen-bond donors (Lipinski definition) is 6. The molecule has 8 heterocycles. The number of amides is 2. The van der Waals surface area contributed by atoms with E-state index >= 15 is 8.78 Å². The maximum atomic E-state index is 16.1. The number of aromatic amines is 2. The zero-order valence-electron chi connectivity index (χ0n) is 51.0. The van der Waals surface area contributed by atoms with Gasteiger partial charge in [-0.05, 0) is 176 Å². The average Bonchev–Trinajstić information content (AvgIpc) is 1.51. The van der Waals surface area contributed by atoms with Gasteiger partial charge in [-0.3, -0.25) is 19.2 Å². The van der Waals surface area contributed by atoms with Crippen LogP contribution in [-0.2, 0) is 39.5 Å². The highest BCUT2D eigenvalue weighted by Gasteiger charge is 2.74. The number of carboxylic acid groups (broad SMARTS) is 1. The molecule has 0 bridgehead atoms. The molecule has 4 spiro atoms. The van der Waals surface area contributed by atoms with Gasteiger partial charge in [0.15, 0.2) is 21.9 Å². The average molecular weight is 1370 g/mol. The quantitative estimate of drug-likeness (QED) is 0.0772. The van der Waals surface area contributed by atoms with Crippen LogP contribution in [0.2, 0.25) is 20.4 Å². The number of aliphatic carboxylic acids is 1. The summed E-state index contributed by atoms with van der Waals surface area (Å²) in [4.78, 5) is 85.6. The molecular formula is C65H72Cl5F2N9O11. The van der Waals surface area contributed by atoms with Crippen molar-refractivity contribution in [2.75, 3.05) is 23.8 Å². The monoisotopic (exact) mass is 1370 g/mol. The molecule has 7 N–H and O–H groups in total. The topological polar surface area (TPSA) is 301 Å². The molecule has 1 unspecified atom stereocenters. The third kappa shape index (κ3) is 11.7. The molecular weight excluding hydrogens is 1300 g/mol. The fraction of sp³-hybridized carbons (Fsp3) is 0.538. The SMILES string of the molecule is CC1(C)CCC2(CC1)C[C@@H](C(=O)C[C@@H]1CC[C@@H](c3n[nH]c(=O)o3)OC1)[C@H](c1ccnc(Cl)c1F)[C@]21C(=O)Nc2cc(Cl)ccc21.CC1(C)CCC2(CC1)C[C@@H](C(=O)O)[C@H](c1ccnc(Cl)c1F)C21C(=O)Nc2cc(Cl)ccc21.Cl.N[C@@H]1CC[C@@H](c2n[nH]c(=O)o2)OC1. The number of anilines is 2. The first kappa shape index (κ1) is 67.3. The van der Waals surface area contributed by atoms with E-state index in [1.54, 1.807) is 36.4 Å². The van der Waals surface area contributed by atoms with E-state index in [0.717, 1.165) is 56.9 Å². The maximum absolute atomic E-state index is 16.1. The van der Waals surface area contributed by atoms with Crippen LogP contribution in [0.1, 0.15) is 182 Å². The number of H-pyrrole nitrogens is 2. The summed E-state index contributed by atoms with van der Waals surface area (Å²) in [6, 6.07) is 13.7. The standard InChI is InChI=1S/C33H35Cl2FN4O5.C25H25Cl2FN2O3.C7H11N3O3.ClH/c1-31(2)8-10-32(11-9-31)15-20(23(41)13-17-3-6-24(44-16-17)28-39-40-30(43)45-28)25(19-7-12-37-27(35)26(19)36)33(32)21-5-4-18(34)14-22(21)38-29(33)42;1-23(2)6-8-24(9-7-23)12-15(21(31)32)18(14-5-10-29-20(27)19(14)28)25(24)16-4-3-13(26)11-17(16)30-22(25)33;8-4-1-2-5(12-3-4)6-9-10-7(11)13-6;/h4-5,7,12,14,17,20,24-25H,3,6,8-11,13,15-16H2,1-2H3,(H,38,42)(H,40,43);3-5,10-11,15,18H,6-9,12H2,1-2H3,(H,30,33)(H,31,32);4-5H,1-3,8H2,(H,10,11);1H/t17-,20-,24-,25-,33+;15-,18+,25?;4-,5+;/m011./s1. The van der Waals surface area contributed by atoms with E-state index in [9.17, 15) is 33.9 Å². The van der Waals surface area contributed by atoms with E-state index in [0.29, 0.717) is 71.6 Å². The molecule has 14 rings (SSSR count). The van der Waals surface area contributed by atoms with Gasteiger partial charge in [0.1, 0.15) is 18.0 Å². The number of ketones is 1. The fourth-order valence-electron chi connectivity index (χ4n) is 17.1. The highest BCUT2D eigenvalue weighted by atomic mass is 35.5. The Hall–Kier alpha value is -6.11. The summed E-state index contributed by atoms with van der Waals surface area (Å²) in [6.45, 7) is 9.62. The first-order valence-corrected chi connectivity index (χ1v) is 32.4. The highest BCUT2D eigenvalue weighted by molar-refractivity contribution is 6.32. The Kier molecular flexibility index (Phi) is 18.7. The van der Waals surface area contributed by atoms with E-state index in [2.05, 4.69) is 68.7 Å². The molecule has 6 aromatic rings. The Labute approximate surface area is 554 Å². The van der Waals surface area contributed by atoms with Crippen LogP contribution in [0, 0.1) is 51.0 Å². The van der Waals surface area contributed by atoms with Gasteiger partial charge in [-0.1, -0.05) is 86.2 Å². The van der Waals surface area contributed by atoms with E-state index in [1.165, 1.54) is 18.5 Å². The van der Waals surface area contributed by atoms with Gasteiger partial charge in [0, 0.05) is 64.0 Å². The van der Waals surface area contributed by atoms with Gasteiger partial charge in [0.05, 0.1) is 30.0 Å². The van der Waals surface area contributed by atoms with Crippen molar-refractivity contribution in [3.05, 3.63) is 148 Å². The minimum Gasteiger partial charge on any atom is -0.481 e. The molecule has 4 aliphatic heterocycles. The largest absolute Gasteiger partial charge is 0.481 e. The van der Waals surface area contributed by atoms with Crippen LogP contribution >= 0.6 is 58.8 Å². The highest BCUT2D eigenvalue weighted by Crippen LogP contribution is 2.74. The zero-order valence-corrected chi connectivity index (χ0v) is 54.8. The first-order chi connectivity index (χ1) is 43.2. The number of carbonyl (C=O) groups is 4. The Morgan fingerprint density at radius 1 is 0.620 bits per heavy atom. The molecule has 2 aromatic carbocycles. The lowest BCUT2D eigenvalue weighted by atomic mass is 9.51. The number of carbonyl (C=O) groups excluding carboxylic acids is 3. The normalized spacial score (nSPS) is 29.3. The van der Waals surface area contributed by atoms with Crippen molar-refractivity contribution in [2.45, 2.75) is 165 Å². The Morgan fingerprint density at radius 2 is 1.05 bits per heavy atom. The van der Waals surface area contributed by atoms with Gasteiger partial charge in [0.2, 0.25) is 23.6 Å². The Bertz CT molecular complexity index is 3940. The second kappa shape index (κ2) is 25.6. The van der Waals surface area contributed by atoms with Crippen molar-refractivity contribution in [1.82, 2.24) is 30.4 Å². The number of nitrogens with one attached hydrogen (secondary N) is 4. The van der Waals surface area contributed by atoms with E-state index in [4.69, 9.17) is 70.4 Å². The summed E-state index contributed by atoms with van der Waals surface area (Å²) in [5.74, 6) is -7.15. The van der Waals surface area contributed by atoms with Crippen LogP contribution in [0.5, 0.6) is 0 Å². The second-order valence-electron chi connectivity index (χ2n) is 27.7. The molecule has 4 aliphatic carbocycles. The summed E-state index contributed by atoms with van der Waals surface area (Å²) in [5, 5.41) is 28.7. The molecule has 492 valence electrons. The van der Waals surface area contributed by atoms with Gasteiger partial charge < -0.3 is 39.8 Å². The summed E-state index contributed by atoms with van der Waals surface area (Å²) in [7, 11) is 0. The van der Waals surface area contributed by atoms with Crippen LogP contribution < -0.4 is 27.9 Å². The molecule has 27 heteroatoms. The number of pyridine rings is 2. The van der Waals surface area contributed by atoms with Gasteiger partial charge in [-0.15, -0.1) is 22.6 Å². The van der Waals surface area contributed by atoms with Crippen LogP contribution in [0.4, 0.5) is 20.2 Å². The van der Waals surface area contributed by atoms with E-state index < -0.39 is 80.6 Å². The minimum absolute atomic E-state index is 0. The van der Waals surface area contributed by atoms with Crippen molar-refractivity contribution in [3.8, 4) is 0 Å². The molecule has 10 atom stereocenters. The third-order valence-corrected chi connectivity index (χ3v) is 22.6. The predicted molar refractivity (Wildman–Crippen MR) is 339 cm³/mol. The number of benzene rings is 2.